The first-order valence-corrected chi connectivity index (χ1v) is 10.9. The van der Waals surface area contributed by atoms with Gasteiger partial charge in [0.2, 0.25) is 0 Å². The van der Waals surface area contributed by atoms with Gasteiger partial charge in [-0.3, -0.25) is 4.99 Å². The van der Waals surface area contributed by atoms with Crippen LogP contribution in [0.4, 0.5) is 4.39 Å². The molecule has 0 radical (unpaired) electrons. The standard InChI is InChI=1S/C22H34FN3O3/c1-2-24-22(26-11-12-28-20-7-5-3-4-6-8-20)25-10-9-17-13-19(23)14-18-15-27-16-29-21(17)18/h13-14,20H,2-12,15-16H2,1H3,(H2,24,25,26). The number of hydrogen-bond donors (Lipinski definition) is 2. The third kappa shape index (κ3) is 7.16. The summed E-state index contributed by atoms with van der Waals surface area (Å²) in [5, 5.41) is 6.57. The van der Waals surface area contributed by atoms with Crippen LogP contribution in [-0.4, -0.2) is 45.1 Å². The second kappa shape index (κ2) is 12.0. The van der Waals surface area contributed by atoms with E-state index in [0.717, 1.165) is 29.4 Å². The molecule has 1 aromatic rings. The van der Waals surface area contributed by atoms with Crippen LogP contribution in [0.2, 0.25) is 0 Å². The van der Waals surface area contributed by atoms with Gasteiger partial charge in [0.05, 0.1) is 25.9 Å². The van der Waals surface area contributed by atoms with Gasteiger partial charge in [0.25, 0.3) is 0 Å². The van der Waals surface area contributed by atoms with Crippen molar-refractivity contribution in [3.8, 4) is 5.75 Å². The van der Waals surface area contributed by atoms with Gasteiger partial charge < -0.3 is 24.8 Å². The number of hydrogen-bond acceptors (Lipinski definition) is 4. The van der Waals surface area contributed by atoms with Crippen LogP contribution >= 0.6 is 0 Å². The fourth-order valence-corrected chi connectivity index (χ4v) is 3.89. The number of benzene rings is 1. The van der Waals surface area contributed by atoms with E-state index >= 15 is 0 Å². The lowest BCUT2D eigenvalue weighted by Gasteiger charge is -2.21. The van der Waals surface area contributed by atoms with Crippen LogP contribution < -0.4 is 15.4 Å². The quantitative estimate of drug-likeness (QED) is 0.299. The summed E-state index contributed by atoms with van der Waals surface area (Å²) < 4.78 is 30.7. The van der Waals surface area contributed by atoms with Gasteiger partial charge in [0, 0.05) is 18.7 Å². The van der Waals surface area contributed by atoms with Gasteiger partial charge >= 0.3 is 0 Å². The summed E-state index contributed by atoms with van der Waals surface area (Å²) >= 11 is 0. The smallest absolute Gasteiger partial charge is 0.191 e. The van der Waals surface area contributed by atoms with Crippen LogP contribution in [-0.2, 0) is 22.5 Å². The number of ether oxygens (including phenoxy) is 3. The molecule has 1 fully saturated rings. The molecule has 3 rings (SSSR count). The molecule has 1 aliphatic heterocycles. The summed E-state index contributed by atoms with van der Waals surface area (Å²) in [5.74, 6) is 1.24. The maximum absolute atomic E-state index is 13.9. The van der Waals surface area contributed by atoms with Crippen molar-refractivity contribution < 1.29 is 18.6 Å². The summed E-state index contributed by atoms with van der Waals surface area (Å²) in [6.45, 7) is 5.33. The van der Waals surface area contributed by atoms with E-state index in [2.05, 4.69) is 15.6 Å². The first-order valence-electron chi connectivity index (χ1n) is 10.9. The number of fused-ring (bicyclic) bond motifs is 1. The second-order valence-corrected chi connectivity index (χ2v) is 7.59. The van der Waals surface area contributed by atoms with Crippen molar-refractivity contribution in [3.63, 3.8) is 0 Å². The average molecular weight is 408 g/mol. The van der Waals surface area contributed by atoms with Crippen molar-refractivity contribution in [1.29, 1.82) is 0 Å². The van der Waals surface area contributed by atoms with E-state index in [1.807, 2.05) is 6.92 Å². The Bertz CT molecular complexity index is 661. The van der Waals surface area contributed by atoms with Crippen molar-refractivity contribution >= 4 is 5.96 Å². The predicted octanol–water partition coefficient (Wildman–Crippen LogP) is 3.53. The fourth-order valence-electron chi connectivity index (χ4n) is 3.89. The molecule has 1 aliphatic carbocycles. The topological polar surface area (TPSA) is 64.1 Å². The maximum atomic E-state index is 13.9. The zero-order chi connectivity index (χ0) is 20.3. The van der Waals surface area contributed by atoms with E-state index in [1.54, 1.807) is 0 Å². The molecule has 0 unspecified atom stereocenters. The summed E-state index contributed by atoms with van der Waals surface area (Å²) in [6.07, 6.45) is 8.60. The minimum Gasteiger partial charge on any atom is -0.467 e. The van der Waals surface area contributed by atoms with Crippen LogP contribution in [0, 0.1) is 5.82 Å². The monoisotopic (exact) mass is 407 g/mol. The Morgan fingerprint density at radius 3 is 2.83 bits per heavy atom. The van der Waals surface area contributed by atoms with Crippen molar-refractivity contribution in [2.75, 3.05) is 33.0 Å². The highest BCUT2D eigenvalue weighted by Gasteiger charge is 2.17. The molecule has 1 heterocycles. The van der Waals surface area contributed by atoms with Gasteiger partial charge in [-0.25, -0.2) is 4.39 Å². The van der Waals surface area contributed by atoms with E-state index in [0.29, 0.717) is 38.8 Å². The largest absolute Gasteiger partial charge is 0.467 e. The van der Waals surface area contributed by atoms with Gasteiger partial charge in [-0.2, -0.15) is 0 Å². The summed E-state index contributed by atoms with van der Waals surface area (Å²) in [6, 6.07) is 3.02. The Morgan fingerprint density at radius 2 is 2.03 bits per heavy atom. The molecule has 1 aromatic carbocycles. The van der Waals surface area contributed by atoms with E-state index in [9.17, 15) is 4.39 Å². The molecule has 0 atom stereocenters. The number of halogens is 1. The highest BCUT2D eigenvalue weighted by Crippen LogP contribution is 2.29. The molecule has 162 valence electrons. The lowest BCUT2D eigenvalue weighted by Crippen LogP contribution is -2.38. The van der Waals surface area contributed by atoms with Crippen LogP contribution in [0.25, 0.3) is 0 Å². The summed E-state index contributed by atoms with van der Waals surface area (Å²) in [5.41, 5.74) is 1.62. The molecule has 0 saturated heterocycles. The highest BCUT2D eigenvalue weighted by atomic mass is 19.1. The maximum Gasteiger partial charge on any atom is 0.191 e. The number of guanidine groups is 1. The number of nitrogens with zero attached hydrogens (tertiary/aromatic N) is 1. The molecule has 0 bridgehead atoms. The molecule has 6 nitrogen and oxygen atoms in total. The van der Waals surface area contributed by atoms with Crippen molar-refractivity contribution in [1.82, 2.24) is 10.6 Å². The third-order valence-electron chi connectivity index (χ3n) is 5.30. The molecule has 0 amide bonds. The lowest BCUT2D eigenvalue weighted by atomic mass is 10.1. The first kappa shape index (κ1) is 21.8. The van der Waals surface area contributed by atoms with E-state index < -0.39 is 0 Å². The molecular weight excluding hydrogens is 373 g/mol. The molecule has 1 saturated carbocycles. The first-order chi connectivity index (χ1) is 14.3. The van der Waals surface area contributed by atoms with Gasteiger partial charge in [-0.05, 0) is 43.9 Å². The Kier molecular flexibility index (Phi) is 9.02. The molecule has 2 N–H and O–H groups in total. The van der Waals surface area contributed by atoms with Crippen molar-refractivity contribution in [2.24, 2.45) is 4.99 Å². The molecular formula is C22H34FN3O3. The number of nitrogens with one attached hydrogen (secondary N) is 2. The predicted molar refractivity (Wildman–Crippen MR) is 112 cm³/mol. The third-order valence-corrected chi connectivity index (χ3v) is 5.30. The van der Waals surface area contributed by atoms with Crippen LogP contribution in [0.3, 0.4) is 0 Å². The Labute approximate surface area is 173 Å². The average Bonchev–Trinajstić information content (AvgIpc) is 3.00. The number of aliphatic imine (C=N–C) groups is 1. The highest BCUT2D eigenvalue weighted by molar-refractivity contribution is 5.79. The zero-order valence-electron chi connectivity index (χ0n) is 17.5. The van der Waals surface area contributed by atoms with Crippen LogP contribution in [0.1, 0.15) is 56.6 Å². The molecule has 29 heavy (non-hydrogen) atoms. The summed E-state index contributed by atoms with van der Waals surface area (Å²) in [4.78, 5) is 4.60. The molecule has 0 aromatic heterocycles. The Hall–Kier alpha value is -1.86. The molecule has 2 aliphatic rings. The van der Waals surface area contributed by atoms with Crippen LogP contribution in [0.15, 0.2) is 17.1 Å². The normalized spacial score (nSPS) is 17.9. The number of rotatable bonds is 8. The SMILES string of the molecule is CCNC(=NCCOC1CCCCCC1)NCCc1cc(F)cc2c1OCOC2. The van der Waals surface area contributed by atoms with E-state index in [-0.39, 0.29) is 12.6 Å². The van der Waals surface area contributed by atoms with Crippen molar-refractivity contribution in [2.45, 2.75) is 64.6 Å². The van der Waals surface area contributed by atoms with Crippen molar-refractivity contribution in [3.05, 3.63) is 29.1 Å². The van der Waals surface area contributed by atoms with Gasteiger partial charge in [0.1, 0.15) is 11.6 Å². The lowest BCUT2D eigenvalue weighted by molar-refractivity contribution is -0.0172. The minimum absolute atomic E-state index is 0.212. The van der Waals surface area contributed by atoms with E-state index in [4.69, 9.17) is 14.2 Å². The molecule has 7 heteroatoms. The second-order valence-electron chi connectivity index (χ2n) is 7.59. The molecule has 0 spiro atoms. The van der Waals surface area contributed by atoms with Gasteiger partial charge in [-0.15, -0.1) is 0 Å². The minimum atomic E-state index is -0.260. The summed E-state index contributed by atoms with van der Waals surface area (Å²) in [7, 11) is 0. The van der Waals surface area contributed by atoms with Crippen LogP contribution in [0.5, 0.6) is 5.75 Å². The van der Waals surface area contributed by atoms with Gasteiger partial charge in [0.15, 0.2) is 12.8 Å². The van der Waals surface area contributed by atoms with Gasteiger partial charge in [-0.1, -0.05) is 25.7 Å². The Balaban J connectivity index is 1.45. The fraction of sp³-hybridized carbons (Fsp3) is 0.682. The zero-order valence-corrected chi connectivity index (χ0v) is 17.5. The van der Waals surface area contributed by atoms with E-state index in [1.165, 1.54) is 50.7 Å². The Morgan fingerprint density at radius 1 is 1.21 bits per heavy atom.